The molecule has 0 atom stereocenters. The van der Waals surface area contributed by atoms with E-state index in [2.05, 4.69) is 20.2 Å². The van der Waals surface area contributed by atoms with Crippen LogP contribution in [0.25, 0.3) is 0 Å². The van der Waals surface area contributed by atoms with E-state index in [0.29, 0.717) is 6.42 Å². The third-order valence-electron chi connectivity index (χ3n) is 4.05. The summed E-state index contributed by atoms with van der Waals surface area (Å²) in [5.74, 6) is 0. The van der Waals surface area contributed by atoms with Crippen molar-refractivity contribution >= 4 is 0 Å². The van der Waals surface area contributed by atoms with Crippen LogP contribution in [-0.2, 0) is 0 Å². The van der Waals surface area contributed by atoms with Crippen LogP contribution in [0.15, 0.2) is 25.3 Å². The van der Waals surface area contributed by atoms with E-state index in [-0.39, 0.29) is 30.4 Å². The van der Waals surface area contributed by atoms with Crippen molar-refractivity contribution in [2.24, 2.45) is 0 Å². The van der Waals surface area contributed by atoms with Gasteiger partial charge in [0.25, 0.3) is 0 Å². The standard InChI is InChI=1S/C18H33F3N.HI/c1-4-15-22(3,16-5-2)17-13-11-9-7-6-8-10-12-14-18(19,20)21;/h4-5H,1-2,6-17H2,3H3;1H/q+1;/p-1. The van der Waals surface area contributed by atoms with Crippen molar-refractivity contribution in [3.63, 3.8) is 0 Å². The van der Waals surface area contributed by atoms with Gasteiger partial charge in [0.1, 0.15) is 0 Å². The van der Waals surface area contributed by atoms with Gasteiger partial charge in [-0.2, -0.15) is 13.2 Å². The van der Waals surface area contributed by atoms with E-state index in [1.165, 1.54) is 19.3 Å². The van der Waals surface area contributed by atoms with Crippen LogP contribution in [0.5, 0.6) is 0 Å². The van der Waals surface area contributed by atoms with Crippen molar-refractivity contribution in [2.45, 2.75) is 64.0 Å². The van der Waals surface area contributed by atoms with Crippen molar-refractivity contribution in [3.05, 3.63) is 25.3 Å². The molecule has 0 saturated carbocycles. The van der Waals surface area contributed by atoms with E-state index in [4.69, 9.17) is 0 Å². The highest BCUT2D eigenvalue weighted by Gasteiger charge is 2.25. The summed E-state index contributed by atoms with van der Waals surface area (Å²) in [7, 11) is 2.23. The number of hydrogen-bond donors (Lipinski definition) is 0. The minimum absolute atomic E-state index is 0. The zero-order valence-corrected chi connectivity index (χ0v) is 16.7. The van der Waals surface area contributed by atoms with E-state index in [9.17, 15) is 13.2 Å². The number of hydrogen-bond acceptors (Lipinski definition) is 0. The molecule has 0 spiro atoms. The van der Waals surface area contributed by atoms with Crippen LogP contribution in [0.3, 0.4) is 0 Å². The first-order chi connectivity index (χ1) is 10.3. The topological polar surface area (TPSA) is 0 Å². The molecular weight excluding hydrogens is 414 g/mol. The fourth-order valence-electron chi connectivity index (χ4n) is 2.76. The largest absolute Gasteiger partial charge is 1.00 e. The molecule has 0 aliphatic carbocycles. The molecule has 1 nitrogen and oxygen atoms in total. The Morgan fingerprint density at radius 3 is 1.57 bits per heavy atom. The van der Waals surface area contributed by atoms with E-state index in [0.717, 1.165) is 43.4 Å². The molecule has 0 rings (SSSR count). The Hall–Kier alpha value is -0.0400. The van der Waals surface area contributed by atoms with Crippen LogP contribution in [0.4, 0.5) is 13.2 Å². The van der Waals surface area contributed by atoms with Crippen LogP contribution in [0.1, 0.15) is 57.8 Å². The molecule has 0 bridgehead atoms. The minimum Gasteiger partial charge on any atom is -1.00 e. The molecule has 23 heavy (non-hydrogen) atoms. The van der Waals surface area contributed by atoms with Gasteiger partial charge < -0.3 is 28.5 Å². The molecule has 138 valence electrons. The van der Waals surface area contributed by atoms with Gasteiger partial charge in [0.05, 0.1) is 26.7 Å². The van der Waals surface area contributed by atoms with Crippen molar-refractivity contribution in [2.75, 3.05) is 26.7 Å². The Balaban J connectivity index is 0. The Morgan fingerprint density at radius 2 is 1.17 bits per heavy atom. The summed E-state index contributed by atoms with van der Waals surface area (Å²) in [6.07, 6.45) is 6.99. The van der Waals surface area contributed by atoms with Crippen molar-refractivity contribution in [1.29, 1.82) is 0 Å². The maximum Gasteiger partial charge on any atom is 0.389 e. The van der Waals surface area contributed by atoms with E-state index in [1.807, 2.05) is 12.2 Å². The Kier molecular flexibility index (Phi) is 15.7. The summed E-state index contributed by atoms with van der Waals surface area (Å²) < 4.78 is 36.9. The zero-order chi connectivity index (χ0) is 16.9. The average Bonchev–Trinajstić information content (AvgIpc) is 2.40. The first-order valence-corrected chi connectivity index (χ1v) is 8.45. The highest BCUT2D eigenvalue weighted by Crippen LogP contribution is 2.23. The van der Waals surface area contributed by atoms with Crippen LogP contribution in [0, 0.1) is 0 Å². The fraction of sp³-hybridized carbons (Fsp3) is 0.778. The Bertz CT molecular complexity index is 293. The van der Waals surface area contributed by atoms with Gasteiger partial charge in [0, 0.05) is 6.42 Å². The van der Waals surface area contributed by atoms with Gasteiger partial charge in [0.2, 0.25) is 0 Å². The number of alkyl halides is 3. The lowest BCUT2D eigenvalue weighted by Gasteiger charge is -2.32. The number of likely N-dealkylation sites (N-methyl/N-ethyl adjacent to an activating group) is 1. The predicted molar refractivity (Wildman–Crippen MR) is 88.8 cm³/mol. The lowest BCUT2D eigenvalue weighted by atomic mass is 10.1. The molecular formula is C18H33F3IN. The SMILES string of the molecule is C=CC[N+](C)(CC=C)CCCCCCCCCCC(F)(F)F.[I-]. The summed E-state index contributed by atoms with van der Waals surface area (Å²) in [6, 6.07) is 0. The first kappa shape index (κ1) is 25.2. The monoisotopic (exact) mass is 447 g/mol. The maximum absolute atomic E-state index is 12.0. The molecule has 0 radical (unpaired) electrons. The van der Waals surface area contributed by atoms with Crippen LogP contribution in [0.2, 0.25) is 0 Å². The molecule has 0 aromatic rings. The maximum atomic E-state index is 12.0. The van der Waals surface area contributed by atoms with Gasteiger partial charge in [0.15, 0.2) is 0 Å². The second kappa shape index (κ2) is 14.3. The second-order valence-electron chi connectivity index (χ2n) is 6.48. The van der Waals surface area contributed by atoms with Crippen molar-refractivity contribution in [1.82, 2.24) is 0 Å². The molecule has 0 heterocycles. The quantitative estimate of drug-likeness (QED) is 0.166. The lowest BCUT2D eigenvalue weighted by molar-refractivity contribution is -0.898. The lowest BCUT2D eigenvalue weighted by Crippen LogP contribution is -3.00. The van der Waals surface area contributed by atoms with Crippen LogP contribution < -0.4 is 24.0 Å². The summed E-state index contributed by atoms with van der Waals surface area (Å²) in [5, 5.41) is 0. The van der Waals surface area contributed by atoms with Crippen LogP contribution in [-0.4, -0.2) is 37.3 Å². The van der Waals surface area contributed by atoms with E-state index < -0.39 is 12.6 Å². The molecule has 0 aliphatic heterocycles. The van der Waals surface area contributed by atoms with E-state index in [1.54, 1.807) is 0 Å². The highest BCUT2D eigenvalue weighted by atomic mass is 127. The normalized spacial score (nSPS) is 11.8. The third-order valence-corrected chi connectivity index (χ3v) is 4.05. The molecule has 0 unspecified atom stereocenters. The van der Waals surface area contributed by atoms with Crippen molar-refractivity contribution < 1.29 is 41.6 Å². The fourth-order valence-corrected chi connectivity index (χ4v) is 2.76. The molecule has 0 amide bonds. The molecule has 0 aromatic carbocycles. The van der Waals surface area contributed by atoms with Gasteiger partial charge in [-0.3, -0.25) is 0 Å². The molecule has 0 fully saturated rings. The second-order valence-corrected chi connectivity index (χ2v) is 6.48. The van der Waals surface area contributed by atoms with E-state index >= 15 is 0 Å². The summed E-state index contributed by atoms with van der Waals surface area (Å²) in [4.78, 5) is 0. The zero-order valence-electron chi connectivity index (χ0n) is 14.5. The smallest absolute Gasteiger partial charge is 0.389 e. The summed E-state index contributed by atoms with van der Waals surface area (Å²) in [6.45, 7) is 10.7. The number of rotatable bonds is 14. The van der Waals surface area contributed by atoms with Gasteiger partial charge in [-0.1, -0.05) is 45.3 Å². The van der Waals surface area contributed by atoms with Crippen molar-refractivity contribution in [3.8, 4) is 0 Å². The number of nitrogens with zero attached hydrogens (tertiary/aromatic N) is 1. The molecule has 0 N–H and O–H groups in total. The number of unbranched alkanes of at least 4 members (excludes halogenated alkanes) is 7. The Morgan fingerprint density at radius 1 is 0.783 bits per heavy atom. The van der Waals surface area contributed by atoms with Gasteiger partial charge in [-0.05, 0) is 31.4 Å². The Labute approximate surface area is 157 Å². The first-order valence-electron chi connectivity index (χ1n) is 8.45. The van der Waals surface area contributed by atoms with Gasteiger partial charge >= 0.3 is 6.18 Å². The minimum atomic E-state index is -3.98. The summed E-state index contributed by atoms with van der Waals surface area (Å²) >= 11 is 0. The molecule has 5 heteroatoms. The summed E-state index contributed by atoms with van der Waals surface area (Å²) in [5.41, 5.74) is 0. The average molecular weight is 447 g/mol. The molecule has 0 aromatic heterocycles. The number of quaternary nitrogens is 1. The van der Waals surface area contributed by atoms with Gasteiger partial charge in [-0.25, -0.2) is 0 Å². The molecule has 0 aliphatic rings. The number of halogens is 4. The van der Waals surface area contributed by atoms with Gasteiger partial charge in [-0.15, -0.1) is 0 Å². The third kappa shape index (κ3) is 16.6. The van der Waals surface area contributed by atoms with Crippen LogP contribution >= 0.6 is 0 Å². The molecule has 0 saturated heterocycles. The highest BCUT2D eigenvalue weighted by molar-refractivity contribution is 4.71. The predicted octanol–water partition coefficient (Wildman–Crippen LogP) is 2.88.